The van der Waals surface area contributed by atoms with Gasteiger partial charge < -0.3 is 15.5 Å². The SMILES string of the molecule is CC(=O)NC(CC(=O)N1CCN(CC(=O)NC2CC2)CC1)c1cccs1. The van der Waals surface area contributed by atoms with Crippen molar-refractivity contribution in [1.82, 2.24) is 20.4 Å². The Morgan fingerprint density at radius 2 is 1.96 bits per heavy atom. The van der Waals surface area contributed by atoms with Crippen molar-refractivity contribution >= 4 is 29.1 Å². The van der Waals surface area contributed by atoms with Crippen LogP contribution < -0.4 is 10.6 Å². The molecule has 1 atom stereocenters. The number of carbonyl (C=O) groups is 3. The summed E-state index contributed by atoms with van der Waals surface area (Å²) in [5.41, 5.74) is 0. The van der Waals surface area contributed by atoms with E-state index in [1.54, 1.807) is 11.3 Å². The largest absolute Gasteiger partial charge is 0.352 e. The Hall–Kier alpha value is -1.93. The number of rotatable bonds is 7. The lowest BCUT2D eigenvalue weighted by molar-refractivity contribution is -0.134. The first kappa shape index (κ1) is 18.8. The van der Waals surface area contributed by atoms with E-state index in [-0.39, 0.29) is 30.2 Å². The Bertz CT molecular complexity index is 637. The number of nitrogens with one attached hydrogen (secondary N) is 2. The third kappa shape index (κ3) is 5.54. The zero-order valence-corrected chi connectivity index (χ0v) is 15.9. The molecular formula is C18H26N4O3S. The second-order valence-electron chi connectivity index (χ2n) is 6.97. The fourth-order valence-corrected chi connectivity index (χ4v) is 3.90. The average Bonchev–Trinajstić information content (AvgIpc) is 3.23. The van der Waals surface area contributed by atoms with Gasteiger partial charge in [-0.05, 0) is 24.3 Å². The van der Waals surface area contributed by atoms with Crippen molar-refractivity contribution in [3.8, 4) is 0 Å². The zero-order chi connectivity index (χ0) is 18.5. The van der Waals surface area contributed by atoms with E-state index in [4.69, 9.17) is 0 Å². The molecule has 0 spiro atoms. The van der Waals surface area contributed by atoms with Gasteiger partial charge in [0.25, 0.3) is 0 Å². The molecule has 2 fully saturated rings. The highest BCUT2D eigenvalue weighted by molar-refractivity contribution is 7.10. The van der Waals surface area contributed by atoms with Gasteiger partial charge in [0.05, 0.1) is 19.0 Å². The fourth-order valence-electron chi connectivity index (χ4n) is 3.12. The maximum absolute atomic E-state index is 12.6. The Morgan fingerprint density at radius 1 is 1.23 bits per heavy atom. The minimum absolute atomic E-state index is 0.0410. The van der Waals surface area contributed by atoms with Crippen LogP contribution in [0.5, 0.6) is 0 Å². The number of thiophene rings is 1. The van der Waals surface area contributed by atoms with E-state index in [1.807, 2.05) is 22.4 Å². The summed E-state index contributed by atoms with van der Waals surface area (Å²) in [6.07, 6.45) is 2.45. The Kier molecular flexibility index (Phi) is 6.26. The van der Waals surface area contributed by atoms with E-state index < -0.39 is 0 Å². The van der Waals surface area contributed by atoms with Crippen LogP contribution in [-0.2, 0) is 14.4 Å². The molecule has 0 aromatic carbocycles. The van der Waals surface area contributed by atoms with Crippen LogP contribution in [0.2, 0.25) is 0 Å². The molecule has 7 nitrogen and oxygen atoms in total. The van der Waals surface area contributed by atoms with Crippen LogP contribution in [0.1, 0.15) is 37.1 Å². The van der Waals surface area contributed by atoms with E-state index in [2.05, 4.69) is 15.5 Å². The molecule has 0 radical (unpaired) electrons. The van der Waals surface area contributed by atoms with Crippen molar-refractivity contribution in [3.05, 3.63) is 22.4 Å². The number of nitrogens with zero attached hydrogens (tertiary/aromatic N) is 2. The molecule has 1 saturated heterocycles. The Labute approximate surface area is 157 Å². The zero-order valence-electron chi connectivity index (χ0n) is 15.1. The normalized spacial score (nSPS) is 19.0. The standard InChI is InChI=1S/C18H26N4O3S/c1-13(23)19-15(16-3-2-10-26-16)11-18(25)22-8-6-21(7-9-22)12-17(24)20-14-4-5-14/h2-3,10,14-15H,4-9,11-12H2,1H3,(H,19,23)(H,20,24). The van der Waals surface area contributed by atoms with Gasteiger partial charge in [0, 0.05) is 44.0 Å². The van der Waals surface area contributed by atoms with Gasteiger partial charge in [-0.15, -0.1) is 11.3 Å². The molecule has 142 valence electrons. The van der Waals surface area contributed by atoms with Gasteiger partial charge in [0.1, 0.15) is 0 Å². The lowest BCUT2D eigenvalue weighted by Crippen LogP contribution is -2.51. The molecule has 3 amide bonds. The first-order valence-corrected chi connectivity index (χ1v) is 9.99. The minimum Gasteiger partial charge on any atom is -0.352 e. The topological polar surface area (TPSA) is 81.8 Å². The predicted octanol–water partition coefficient (Wildman–Crippen LogP) is 0.738. The second-order valence-corrected chi connectivity index (χ2v) is 7.95. The van der Waals surface area contributed by atoms with Crippen molar-refractivity contribution < 1.29 is 14.4 Å². The van der Waals surface area contributed by atoms with Gasteiger partial charge in [0.15, 0.2) is 0 Å². The number of piperazine rings is 1. The highest BCUT2D eigenvalue weighted by Gasteiger charge is 2.27. The van der Waals surface area contributed by atoms with Gasteiger partial charge in [-0.25, -0.2) is 0 Å². The van der Waals surface area contributed by atoms with Crippen LogP contribution in [0.25, 0.3) is 0 Å². The lowest BCUT2D eigenvalue weighted by atomic mass is 10.1. The van der Waals surface area contributed by atoms with Crippen molar-refractivity contribution in [2.75, 3.05) is 32.7 Å². The van der Waals surface area contributed by atoms with Gasteiger partial charge in [-0.1, -0.05) is 6.07 Å². The minimum atomic E-state index is -0.276. The molecular weight excluding hydrogens is 352 g/mol. The molecule has 1 aliphatic heterocycles. The molecule has 0 bridgehead atoms. The van der Waals surface area contributed by atoms with Gasteiger partial charge in [0.2, 0.25) is 17.7 Å². The first-order valence-electron chi connectivity index (χ1n) is 9.11. The molecule has 1 aromatic heterocycles. The molecule has 1 saturated carbocycles. The summed E-state index contributed by atoms with van der Waals surface area (Å²) in [4.78, 5) is 40.9. The van der Waals surface area contributed by atoms with Crippen LogP contribution in [0.15, 0.2) is 17.5 Å². The van der Waals surface area contributed by atoms with E-state index in [0.29, 0.717) is 38.8 Å². The molecule has 1 unspecified atom stereocenters. The van der Waals surface area contributed by atoms with Gasteiger partial charge in [-0.3, -0.25) is 19.3 Å². The maximum Gasteiger partial charge on any atom is 0.234 e. The Balaban J connectivity index is 1.46. The fraction of sp³-hybridized carbons (Fsp3) is 0.611. The summed E-state index contributed by atoms with van der Waals surface area (Å²) in [5, 5.41) is 7.81. The summed E-state index contributed by atoms with van der Waals surface area (Å²) in [6, 6.07) is 3.97. The molecule has 8 heteroatoms. The van der Waals surface area contributed by atoms with E-state index >= 15 is 0 Å². The number of carbonyl (C=O) groups excluding carboxylic acids is 3. The molecule has 2 N–H and O–H groups in total. The third-order valence-electron chi connectivity index (χ3n) is 4.68. The first-order chi connectivity index (χ1) is 12.5. The highest BCUT2D eigenvalue weighted by atomic mass is 32.1. The average molecular weight is 378 g/mol. The molecule has 3 rings (SSSR count). The summed E-state index contributed by atoms with van der Waals surface area (Å²) in [6.45, 7) is 4.51. The van der Waals surface area contributed by atoms with Crippen molar-refractivity contribution in [2.24, 2.45) is 0 Å². The van der Waals surface area contributed by atoms with Crippen molar-refractivity contribution in [2.45, 2.75) is 38.3 Å². The third-order valence-corrected chi connectivity index (χ3v) is 5.66. The van der Waals surface area contributed by atoms with Crippen molar-refractivity contribution in [1.29, 1.82) is 0 Å². The van der Waals surface area contributed by atoms with Gasteiger partial charge >= 0.3 is 0 Å². The van der Waals surface area contributed by atoms with Crippen molar-refractivity contribution in [3.63, 3.8) is 0 Å². The summed E-state index contributed by atoms with van der Waals surface area (Å²) in [7, 11) is 0. The maximum atomic E-state index is 12.6. The van der Waals surface area contributed by atoms with Crippen LogP contribution in [0, 0.1) is 0 Å². The smallest absolute Gasteiger partial charge is 0.234 e. The molecule has 1 aliphatic carbocycles. The lowest BCUT2D eigenvalue weighted by Gasteiger charge is -2.35. The van der Waals surface area contributed by atoms with Gasteiger partial charge in [-0.2, -0.15) is 0 Å². The number of hydrogen-bond acceptors (Lipinski definition) is 5. The summed E-state index contributed by atoms with van der Waals surface area (Å²) in [5.74, 6) is -0.0161. The summed E-state index contributed by atoms with van der Waals surface area (Å²) < 4.78 is 0. The quantitative estimate of drug-likeness (QED) is 0.733. The number of amides is 3. The highest BCUT2D eigenvalue weighted by Crippen LogP contribution is 2.23. The number of hydrogen-bond donors (Lipinski definition) is 2. The van der Waals surface area contributed by atoms with Crippen LogP contribution in [0.3, 0.4) is 0 Å². The van der Waals surface area contributed by atoms with E-state index in [9.17, 15) is 14.4 Å². The molecule has 2 heterocycles. The molecule has 26 heavy (non-hydrogen) atoms. The summed E-state index contributed by atoms with van der Waals surface area (Å²) >= 11 is 1.54. The van der Waals surface area contributed by atoms with Crippen LogP contribution in [0.4, 0.5) is 0 Å². The van der Waals surface area contributed by atoms with Crippen LogP contribution >= 0.6 is 11.3 Å². The second kappa shape index (κ2) is 8.64. The predicted molar refractivity (Wildman–Crippen MR) is 99.7 cm³/mol. The van der Waals surface area contributed by atoms with Crippen LogP contribution in [-0.4, -0.2) is 66.3 Å². The molecule has 1 aromatic rings. The Morgan fingerprint density at radius 3 is 2.54 bits per heavy atom. The van der Waals surface area contributed by atoms with E-state index in [0.717, 1.165) is 17.7 Å². The monoisotopic (exact) mass is 378 g/mol. The molecule has 2 aliphatic rings. The van der Waals surface area contributed by atoms with E-state index in [1.165, 1.54) is 6.92 Å².